The zero-order valence-electron chi connectivity index (χ0n) is 12.6. The predicted molar refractivity (Wildman–Crippen MR) is 78.4 cm³/mol. The molecule has 0 aliphatic carbocycles. The SMILES string of the molecule is CC(O)CCN(C)C(=O)c1ccc(C(C)(C)C)cc1. The molecule has 19 heavy (non-hydrogen) atoms. The van der Waals surface area contributed by atoms with Crippen molar-refractivity contribution in [2.75, 3.05) is 13.6 Å². The van der Waals surface area contributed by atoms with Crippen LogP contribution in [0, 0.1) is 0 Å². The van der Waals surface area contributed by atoms with E-state index in [1.165, 1.54) is 5.56 Å². The summed E-state index contributed by atoms with van der Waals surface area (Å²) in [5.41, 5.74) is 2.01. The van der Waals surface area contributed by atoms with Gasteiger partial charge in [0, 0.05) is 19.2 Å². The lowest BCUT2D eigenvalue weighted by molar-refractivity contribution is 0.0769. The van der Waals surface area contributed by atoms with Crippen LogP contribution < -0.4 is 0 Å². The summed E-state index contributed by atoms with van der Waals surface area (Å²) < 4.78 is 0. The lowest BCUT2D eigenvalue weighted by Crippen LogP contribution is -2.29. The average Bonchev–Trinajstić information content (AvgIpc) is 2.34. The summed E-state index contributed by atoms with van der Waals surface area (Å²) in [7, 11) is 1.77. The minimum Gasteiger partial charge on any atom is -0.393 e. The van der Waals surface area contributed by atoms with Gasteiger partial charge in [-0.25, -0.2) is 0 Å². The predicted octanol–water partition coefficient (Wildman–Crippen LogP) is 2.83. The lowest BCUT2D eigenvalue weighted by Gasteiger charge is -2.21. The number of aliphatic hydroxyl groups is 1. The van der Waals surface area contributed by atoms with Crippen molar-refractivity contribution in [3.63, 3.8) is 0 Å². The van der Waals surface area contributed by atoms with Gasteiger partial charge in [0.25, 0.3) is 5.91 Å². The van der Waals surface area contributed by atoms with E-state index in [0.717, 1.165) is 0 Å². The van der Waals surface area contributed by atoms with Gasteiger partial charge >= 0.3 is 0 Å². The Bertz CT molecular complexity index is 415. The largest absolute Gasteiger partial charge is 0.393 e. The topological polar surface area (TPSA) is 40.5 Å². The van der Waals surface area contributed by atoms with Crippen LogP contribution in [-0.4, -0.2) is 35.6 Å². The molecule has 0 heterocycles. The number of rotatable bonds is 4. The van der Waals surface area contributed by atoms with Gasteiger partial charge < -0.3 is 10.0 Å². The van der Waals surface area contributed by atoms with E-state index < -0.39 is 0 Å². The van der Waals surface area contributed by atoms with E-state index in [2.05, 4.69) is 20.8 Å². The third-order valence-corrected chi connectivity index (χ3v) is 3.23. The number of carbonyl (C=O) groups excluding carboxylic acids is 1. The second-order valence-electron chi connectivity index (χ2n) is 6.19. The van der Waals surface area contributed by atoms with Crippen molar-refractivity contribution in [1.29, 1.82) is 0 Å². The second kappa shape index (κ2) is 6.20. The Balaban J connectivity index is 2.72. The van der Waals surface area contributed by atoms with Crippen LogP contribution >= 0.6 is 0 Å². The van der Waals surface area contributed by atoms with Crippen molar-refractivity contribution in [2.24, 2.45) is 0 Å². The van der Waals surface area contributed by atoms with E-state index in [1.807, 2.05) is 24.3 Å². The van der Waals surface area contributed by atoms with Crippen LogP contribution in [0.4, 0.5) is 0 Å². The molecule has 0 spiro atoms. The molecule has 0 aromatic heterocycles. The smallest absolute Gasteiger partial charge is 0.253 e. The maximum absolute atomic E-state index is 12.2. The lowest BCUT2D eigenvalue weighted by atomic mass is 9.86. The summed E-state index contributed by atoms with van der Waals surface area (Å²) >= 11 is 0. The molecule has 0 bridgehead atoms. The number of carbonyl (C=O) groups is 1. The molecule has 0 radical (unpaired) electrons. The molecule has 106 valence electrons. The van der Waals surface area contributed by atoms with E-state index in [0.29, 0.717) is 18.5 Å². The fourth-order valence-corrected chi connectivity index (χ4v) is 1.82. The van der Waals surface area contributed by atoms with Gasteiger partial charge in [-0.1, -0.05) is 32.9 Å². The molecule has 0 saturated carbocycles. The van der Waals surface area contributed by atoms with E-state index in [4.69, 9.17) is 0 Å². The molecule has 1 aromatic carbocycles. The Labute approximate surface area is 116 Å². The van der Waals surface area contributed by atoms with Crippen molar-refractivity contribution >= 4 is 5.91 Å². The molecule has 0 aliphatic heterocycles. The van der Waals surface area contributed by atoms with E-state index >= 15 is 0 Å². The number of amides is 1. The number of hydrogen-bond donors (Lipinski definition) is 1. The van der Waals surface area contributed by atoms with E-state index in [-0.39, 0.29) is 17.4 Å². The molecular weight excluding hydrogens is 238 g/mol. The van der Waals surface area contributed by atoms with Gasteiger partial charge in [0.2, 0.25) is 0 Å². The summed E-state index contributed by atoms with van der Waals surface area (Å²) in [6.07, 6.45) is 0.223. The Morgan fingerprint density at radius 1 is 1.26 bits per heavy atom. The van der Waals surface area contributed by atoms with Crippen LogP contribution in [-0.2, 0) is 5.41 Å². The molecule has 1 N–H and O–H groups in total. The van der Waals surface area contributed by atoms with Crippen LogP contribution in [0.25, 0.3) is 0 Å². The number of benzene rings is 1. The van der Waals surface area contributed by atoms with Crippen molar-refractivity contribution in [3.05, 3.63) is 35.4 Å². The number of hydrogen-bond acceptors (Lipinski definition) is 2. The fourth-order valence-electron chi connectivity index (χ4n) is 1.82. The molecule has 3 heteroatoms. The average molecular weight is 263 g/mol. The van der Waals surface area contributed by atoms with Gasteiger partial charge in [0.1, 0.15) is 0 Å². The van der Waals surface area contributed by atoms with Gasteiger partial charge in [0.05, 0.1) is 6.10 Å². The normalized spacial score (nSPS) is 13.2. The monoisotopic (exact) mass is 263 g/mol. The quantitative estimate of drug-likeness (QED) is 0.907. The van der Waals surface area contributed by atoms with E-state index in [1.54, 1.807) is 18.9 Å². The first-order valence-electron chi connectivity index (χ1n) is 6.76. The van der Waals surface area contributed by atoms with E-state index in [9.17, 15) is 9.90 Å². The first kappa shape index (κ1) is 15.7. The van der Waals surface area contributed by atoms with Gasteiger partial charge in [-0.05, 0) is 36.5 Å². The highest BCUT2D eigenvalue weighted by Gasteiger charge is 2.16. The summed E-state index contributed by atoms with van der Waals surface area (Å²) in [6, 6.07) is 7.77. The summed E-state index contributed by atoms with van der Waals surface area (Å²) in [6.45, 7) is 8.75. The van der Waals surface area contributed by atoms with Crippen LogP contribution in [0.1, 0.15) is 50.0 Å². The standard InChI is InChI=1S/C16H25NO2/c1-12(18)10-11-17(5)15(19)13-6-8-14(9-7-13)16(2,3)4/h6-9,12,18H,10-11H2,1-5H3. The zero-order valence-corrected chi connectivity index (χ0v) is 12.6. The van der Waals surface area contributed by atoms with Crippen molar-refractivity contribution in [3.8, 4) is 0 Å². The number of aliphatic hydroxyl groups excluding tert-OH is 1. The molecule has 1 amide bonds. The summed E-state index contributed by atoms with van der Waals surface area (Å²) in [5.74, 6) is 0.00103. The minimum atomic E-state index is -0.376. The maximum atomic E-state index is 12.2. The molecule has 0 aliphatic rings. The highest BCUT2D eigenvalue weighted by Crippen LogP contribution is 2.22. The highest BCUT2D eigenvalue weighted by molar-refractivity contribution is 5.94. The van der Waals surface area contributed by atoms with Crippen LogP contribution in [0.3, 0.4) is 0 Å². The molecule has 3 nitrogen and oxygen atoms in total. The molecule has 0 saturated heterocycles. The first-order chi connectivity index (χ1) is 8.71. The molecule has 1 atom stereocenters. The van der Waals surface area contributed by atoms with Crippen molar-refractivity contribution in [1.82, 2.24) is 4.90 Å². The number of nitrogens with zero attached hydrogens (tertiary/aromatic N) is 1. The van der Waals surface area contributed by atoms with Crippen LogP contribution in [0.2, 0.25) is 0 Å². The second-order valence-corrected chi connectivity index (χ2v) is 6.19. The van der Waals surface area contributed by atoms with Crippen molar-refractivity contribution in [2.45, 2.75) is 45.6 Å². The molecule has 1 rings (SSSR count). The Morgan fingerprint density at radius 2 is 1.79 bits per heavy atom. The molecular formula is C16H25NO2. The Hall–Kier alpha value is -1.35. The molecule has 1 aromatic rings. The highest BCUT2D eigenvalue weighted by atomic mass is 16.3. The van der Waals surface area contributed by atoms with Gasteiger partial charge in [-0.2, -0.15) is 0 Å². The fraction of sp³-hybridized carbons (Fsp3) is 0.562. The van der Waals surface area contributed by atoms with Crippen molar-refractivity contribution < 1.29 is 9.90 Å². The third-order valence-electron chi connectivity index (χ3n) is 3.23. The molecule has 1 unspecified atom stereocenters. The van der Waals surface area contributed by atoms with Gasteiger partial charge in [0.15, 0.2) is 0 Å². The molecule has 0 fully saturated rings. The van der Waals surface area contributed by atoms with Crippen LogP contribution in [0.5, 0.6) is 0 Å². The third kappa shape index (κ3) is 4.67. The first-order valence-corrected chi connectivity index (χ1v) is 6.76. The van der Waals surface area contributed by atoms with Gasteiger partial charge in [-0.15, -0.1) is 0 Å². The summed E-state index contributed by atoms with van der Waals surface area (Å²) in [4.78, 5) is 13.8. The Kier molecular flexibility index (Phi) is 5.12. The Morgan fingerprint density at radius 3 is 2.21 bits per heavy atom. The minimum absolute atomic E-state index is 0.00103. The maximum Gasteiger partial charge on any atom is 0.253 e. The summed E-state index contributed by atoms with van der Waals surface area (Å²) in [5, 5.41) is 9.24. The van der Waals surface area contributed by atoms with Gasteiger partial charge in [-0.3, -0.25) is 4.79 Å². The zero-order chi connectivity index (χ0) is 14.6. The van der Waals surface area contributed by atoms with Crippen LogP contribution in [0.15, 0.2) is 24.3 Å².